The third kappa shape index (κ3) is 6.89. The molecule has 238 valence electrons. The van der Waals surface area contributed by atoms with E-state index in [0.717, 1.165) is 5.56 Å². The smallest absolute Gasteiger partial charge is 0.344 e. The normalized spacial score (nSPS) is 14.3. The van der Waals surface area contributed by atoms with Gasteiger partial charge in [0.25, 0.3) is 5.56 Å². The second kappa shape index (κ2) is 14.7. The van der Waals surface area contributed by atoms with Crippen molar-refractivity contribution in [3.05, 3.63) is 115 Å². The molecule has 0 N–H and O–H groups in total. The van der Waals surface area contributed by atoms with Gasteiger partial charge in [-0.05, 0) is 62.2 Å². The van der Waals surface area contributed by atoms with E-state index in [1.807, 2.05) is 61.5 Å². The molecule has 10 nitrogen and oxygen atoms in total. The van der Waals surface area contributed by atoms with Crippen molar-refractivity contribution < 1.29 is 33.3 Å². The quantitative estimate of drug-likeness (QED) is 0.211. The average Bonchev–Trinajstić information content (AvgIpc) is 3.38. The number of aromatic nitrogens is 1. The predicted molar refractivity (Wildman–Crippen MR) is 174 cm³/mol. The van der Waals surface area contributed by atoms with Crippen LogP contribution in [0.3, 0.4) is 0 Å². The van der Waals surface area contributed by atoms with Gasteiger partial charge in [-0.3, -0.25) is 9.36 Å². The van der Waals surface area contributed by atoms with Gasteiger partial charge in [0.15, 0.2) is 22.9 Å². The van der Waals surface area contributed by atoms with E-state index < -0.39 is 18.0 Å². The third-order valence-electron chi connectivity index (χ3n) is 7.02. The first-order valence-electron chi connectivity index (χ1n) is 14.9. The third-order valence-corrected chi connectivity index (χ3v) is 8.00. The number of rotatable bonds is 12. The Hall–Kier alpha value is -5.16. The highest BCUT2D eigenvalue weighted by Crippen LogP contribution is 2.36. The zero-order chi connectivity index (χ0) is 32.6. The number of ether oxygens (including phenoxy) is 5. The number of esters is 2. The topological polar surface area (TPSA) is 115 Å². The Morgan fingerprint density at radius 1 is 0.891 bits per heavy atom. The number of nitrogens with zero attached hydrogens (tertiary/aromatic N) is 2. The molecule has 4 aromatic rings. The van der Waals surface area contributed by atoms with Crippen LogP contribution in [0.4, 0.5) is 0 Å². The van der Waals surface area contributed by atoms with Gasteiger partial charge in [0.2, 0.25) is 0 Å². The summed E-state index contributed by atoms with van der Waals surface area (Å²) in [6.45, 7) is 6.01. The van der Waals surface area contributed by atoms with Crippen molar-refractivity contribution in [2.45, 2.75) is 26.8 Å². The molecule has 2 heterocycles. The molecule has 0 fully saturated rings. The summed E-state index contributed by atoms with van der Waals surface area (Å²) >= 11 is 1.21. The SMILES string of the molecule is CCOC(=O)COc1ccc(/C=c2\sc3n(c2=O)[C@H](c2ccc(OCC)cc2)C(C(=O)OCC)=C(c2ccccc2)N=3)cc1OC. The highest BCUT2D eigenvalue weighted by Gasteiger charge is 2.35. The van der Waals surface area contributed by atoms with Crippen molar-refractivity contribution in [3.63, 3.8) is 0 Å². The molecular weight excluding hydrogens is 608 g/mol. The lowest BCUT2D eigenvalue weighted by Crippen LogP contribution is -2.40. The fraction of sp³-hybridized carbons (Fsp3) is 0.257. The molecule has 0 unspecified atom stereocenters. The van der Waals surface area contributed by atoms with Crippen molar-refractivity contribution in [1.82, 2.24) is 4.57 Å². The van der Waals surface area contributed by atoms with Crippen LogP contribution in [0.25, 0.3) is 11.8 Å². The van der Waals surface area contributed by atoms with Crippen molar-refractivity contribution in [2.24, 2.45) is 4.99 Å². The maximum Gasteiger partial charge on any atom is 0.344 e. The first-order chi connectivity index (χ1) is 22.4. The molecule has 11 heteroatoms. The number of hydrogen-bond acceptors (Lipinski definition) is 10. The van der Waals surface area contributed by atoms with Gasteiger partial charge in [0.1, 0.15) is 5.75 Å². The number of thiazole rings is 1. The Morgan fingerprint density at radius 3 is 2.30 bits per heavy atom. The van der Waals surface area contributed by atoms with Gasteiger partial charge in [-0.25, -0.2) is 14.6 Å². The van der Waals surface area contributed by atoms with Crippen LogP contribution in [0.15, 0.2) is 88.2 Å². The van der Waals surface area contributed by atoms with Crippen LogP contribution in [0, 0.1) is 0 Å². The molecule has 0 bridgehead atoms. The molecule has 1 aliphatic heterocycles. The minimum absolute atomic E-state index is 0.159. The van der Waals surface area contributed by atoms with Gasteiger partial charge in [-0.15, -0.1) is 0 Å². The van der Waals surface area contributed by atoms with Gasteiger partial charge >= 0.3 is 11.9 Å². The summed E-state index contributed by atoms with van der Waals surface area (Å²) in [7, 11) is 1.49. The standard InChI is InChI=1S/C35H34N2O8S/c1-5-42-25-16-14-24(15-17-25)32-30(34(40)44-7-3)31(23-11-9-8-10-12-23)36-35-37(32)33(39)28(46-35)20-22-13-18-26(27(19-22)41-4)45-21-29(38)43-6-2/h8-20,32H,5-7,21H2,1-4H3/b28-20-/t32-/m1/s1. The van der Waals surface area contributed by atoms with Crippen LogP contribution < -0.4 is 29.1 Å². The number of carbonyl (C=O) groups is 2. The zero-order valence-corrected chi connectivity index (χ0v) is 26.8. The second-order valence-electron chi connectivity index (χ2n) is 9.94. The summed E-state index contributed by atoms with van der Waals surface area (Å²) in [5, 5.41) is 0. The van der Waals surface area contributed by atoms with E-state index in [-0.39, 0.29) is 31.0 Å². The van der Waals surface area contributed by atoms with Gasteiger partial charge in [-0.1, -0.05) is 59.9 Å². The van der Waals surface area contributed by atoms with E-state index in [4.69, 9.17) is 28.7 Å². The first-order valence-corrected chi connectivity index (χ1v) is 15.7. The minimum atomic E-state index is -0.809. The summed E-state index contributed by atoms with van der Waals surface area (Å²) < 4.78 is 29.1. The van der Waals surface area contributed by atoms with Crippen LogP contribution in [0.5, 0.6) is 17.2 Å². The number of methoxy groups -OCH3 is 1. The summed E-state index contributed by atoms with van der Waals surface area (Å²) in [6.07, 6.45) is 1.73. The van der Waals surface area contributed by atoms with E-state index in [1.54, 1.807) is 42.7 Å². The van der Waals surface area contributed by atoms with Crippen LogP contribution >= 0.6 is 11.3 Å². The number of benzene rings is 3. The Labute approximate surface area is 269 Å². The second-order valence-corrected chi connectivity index (χ2v) is 10.9. The summed E-state index contributed by atoms with van der Waals surface area (Å²) in [6, 6.07) is 21.0. The van der Waals surface area contributed by atoms with Crippen molar-refractivity contribution in [2.75, 3.05) is 33.5 Å². The molecule has 0 saturated heterocycles. The monoisotopic (exact) mass is 642 g/mol. The number of fused-ring (bicyclic) bond motifs is 1. The molecule has 0 saturated carbocycles. The lowest BCUT2D eigenvalue weighted by molar-refractivity contribution is -0.145. The largest absolute Gasteiger partial charge is 0.494 e. The van der Waals surface area contributed by atoms with Crippen molar-refractivity contribution in [1.29, 1.82) is 0 Å². The molecule has 0 spiro atoms. The Kier molecular flexibility index (Phi) is 10.3. The molecule has 5 rings (SSSR count). The molecular formula is C35H34N2O8S. The van der Waals surface area contributed by atoms with Gasteiger partial charge in [0.05, 0.1) is 48.8 Å². The van der Waals surface area contributed by atoms with E-state index in [1.165, 1.54) is 18.4 Å². The molecule has 3 aromatic carbocycles. The highest BCUT2D eigenvalue weighted by molar-refractivity contribution is 7.07. The van der Waals surface area contributed by atoms with Crippen molar-refractivity contribution in [3.8, 4) is 17.2 Å². The minimum Gasteiger partial charge on any atom is -0.494 e. The number of hydrogen-bond donors (Lipinski definition) is 0. The Morgan fingerprint density at radius 2 is 1.63 bits per heavy atom. The van der Waals surface area contributed by atoms with Gasteiger partial charge in [-0.2, -0.15) is 0 Å². The van der Waals surface area contributed by atoms with Gasteiger partial charge < -0.3 is 23.7 Å². The van der Waals surface area contributed by atoms with Crippen LogP contribution in [0.1, 0.15) is 43.5 Å². The average molecular weight is 643 g/mol. The maximum atomic E-state index is 14.2. The Balaban J connectivity index is 1.66. The lowest BCUT2D eigenvalue weighted by atomic mass is 9.93. The summed E-state index contributed by atoms with van der Waals surface area (Å²) in [5.74, 6) is 0.368. The van der Waals surface area contributed by atoms with Crippen molar-refractivity contribution >= 4 is 35.0 Å². The fourth-order valence-corrected chi connectivity index (χ4v) is 6.05. The predicted octanol–water partition coefficient (Wildman–Crippen LogP) is 4.28. The van der Waals surface area contributed by atoms with E-state index in [0.29, 0.717) is 50.0 Å². The van der Waals surface area contributed by atoms with E-state index >= 15 is 0 Å². The molecule has 0 aliphatic carbocycles. The van der Waals surface area contributed by atoms with Crippen LogP contribution in [0.2, 0.25) is 0 Å². The fourth-order valence-electron chi connectivity index (χ4n) is 5.05. The lowest BCUT2D eigenvalue weighted by Gasteiger charge is -2.26. The maximum absolute atomic E-state index is 14.2. The van der Waals surface area contributed by atoms with E-state index in [2.05, 4.69) is 0 Å². The van der Waals surface area contributed by atoms with Crippen LogP contribution in [-0.2, 0) is 19.1 Å². The molecule has 1 aliphatic rings. The number of carbonyl (C=O) groups excluding carboxylic acids is 2. The van der Waals surface area contributed by atoms with Crippen LogP contribution in [-0.4, -0.2) is 50.0 Å². The molecule has 1 atom stereocenters. The van der Waals surface area contributed by atoms with E-state index in [9.17, 15) is 14.4 Å². The van der Waals surface area contributed by atoms with Gasteiger partial charge in [0, 0.05) is 5.56 Å². The zero-order valence-electron chi connectivity index (χ0n) is 26.0. The summed E-state index contributed by atoms with van der Waals surface area (Å²) in [4.78, 5) is 44.9. The first kappa shape index (κ1) is 32.2. The highest BCUT2D eigenvalue weighted by atomic mass is 32.1. The molecule has 0 amide bonds. The molecule has 0 radical (unpaired) electrons. The molecule has 1 aromatic heterocycles. The Bertz CT molecular complexity index is 1930. The summed E-state index contributed by atoms with van der Waals surface area (Å²) in [5.41, 5.74) is 2.47. The molecule has 46 heavy (non-hydrogen) atoms.